The van der Waals surface area contributed by atoms with Crippen LogP contribution in [-0.2, 0) is 6.54 Å². The number of thiophene rings is 1. The van der Waals surface area contributed by atoms with Gasteiger partial charge in [0.25, 0.3) is 5.56 Å². The van der Waals surface area contributed by atoms with Crippen LogP contribution in [0.1, 0.15) is 5.56 Å². The Hall–Kier alpha value is -2.05. The molecule has 7 heteroatoms. The molecule has 0 unspecified atom stereocenters. The Morgan fingerprint density at radius 3 is 3.19 bits per heavy atom. The number of nitrogens with zero attached hydrogens (tertiary/aromatic N) is 2. The topological polar surface area (TPSA) is 53.4 Å². The van der Waals surface area contributed by atoms with E-state index in [2.05, 4.69) is 4.98 Å². The number of hydrogen-bond acceptors (Lipinski definition) is 5. The fraction of sp³-hybridized carbons (Fsp3) is 0.143. The molecule has 2 aromatic heterocycles. The molecule has 0 saturated carbocycles. The maximum atomic E-state index is 12.4. The summed E-state index contributed by atoms with van der Waals surface area (Å²) in [4.78, 5) is 16.6. The predicted octanol–water partition coefficient (Wildman–Crippen LogP) is 2.89. The Morgan fingerprint density at radius 1 is 1.38 bits per heavy atom. The van der Waals surface area contributed by atoms with Gasteiger partial charge in [-0.25, -0.2) is 4.98 Å². The lowest BCUT2D eigenvalue weighted by Crippen LogP contribution is -2.20. The summed E-state index contributed by atoms with van der Waals surface area (Å²) >= 11 is 7.55. The second kappa shape index (κ2) is 4.75. The standard InChI is InChI=1S/C14H9ClN2O3S/c15-9-3-8(4-11-12(9)20-7-19-11)5-17-6-16-10-1-2-21-13(10)14(17)18/h1-4,6H,5,7H2. The van der Waals surface area contributed by atoms with Crippen molar-refractivity contribution in [3.8, 4) is 11.5 Å². The zero-order chi connectivity index (χ0) is 14.4. The van der Waals surface area contributed by atoms with E-state index in [0.29, 0.717) is 27.8 Å². The van der Waals surface area contributed by atoms with Gasteiger partial charge in [-0.2, -0.15) is 0 Å². The zero-order valence-corrected chi connectivity index (χ0v) is 12.3. The first-order valence-electron chi connectivity index (χ1n) is 6.23. The first-order valence-corrected chi connectivity index (χ1v) is 7.49. The molecule has 0 amide bonds. The molecule has 0 atom stereocenters. The largest absolute Gasteiger partial charge is 0.454 e. The molecule has 0 spiro atoms. The summed E-state index contributed by atoms with van der Waals surface area (Å²) in [6.07, 6.45) is 1.55. The number of ether oxygens (including phenoxy) is 2. The smallest absolute Gasteiger partial charge is 0.271 e. The highest BCUT2D eigenvalue weighted by atomic mass is 35.5. The molecule has 1 aromatic carbocycles. The summed E-state index contributed by atoms with van der Waals surface area (Å²) in [5.74, 6) is 1.16. The number of benzene rings is 1. The highest BCUT2D eigenvalue weighted by Crippen LogP contribution is 2.39. The quantitative estimate of drug-likeness (QED) is 0.728. The first-order chi connectivity index (χ1) is 10.2. The summed E-state index contributed by atoms with van der Waals surface area (Å²) < 4.78 is 12.8. The number of hydrogen-bond donors (Lipinski definition) is 0. The van der Waals surface area contributed by atoms with E-state index >= 15 is 0 Å². The van der Waals surface area contributed by atoms with Crippen molar-refractivity contribution in [1.82, 2.24) is 9.55 Å². The van der Waals surface area contributed by atoms with Gasteiger partial charge < -0.3 is 9.47 Å². The van der Waals surface area contributed by atoms with Gasteiger partial charge in [0.1, 0.15) is 4.70 Å². The van der Waals surface area contributed by atoms with Crippen LogP contribution in [0.4, 0.5) is 0 Å². The fourth-order valence-corrected chi connectivity index (χ4v) is 3.38. The van der Waals surface area contributed by atoms with Crippen LogP contribution in [0.3, 0.4) is 0 Å². The molecule has 5 nitrogen and oxygen atoms in total. The molecular weight excluding hydrogens is 312 g/mol. The van der Waals surface area contributed by atoms with E-state index in [9.17, 15) is 4.79 Å². The second-order valence-electron chi connectivity index (χ2n) is 4.62. The molecule has 0 fully saturated rings. The highest BCUT2D eigenvalue weighted by Gasteiger charge is 2.18. The Labute approximate surface area is 128 Å². The Bertz CT molecular complexity index is 903. The summed E-state index contributed by atoms with van der Waals surface area (Å²) in [7, 11) is 0. The van der Waals surface area contributed by atoms with Crippen molar-refractivity contribution in [3.63, 3.8) is 0 Å². The summed E-state index contributed by atoms with van der Waals surface area (Å²) in [5, 5.41) is 2.35. The molecule has 4 rings (SSSR count). The Morgan fingerprint density at radius 2 is 2.29 bits per heavy atom. The van der Waals surface area contributed by atoms with E-state index in [4.69, 9.17) is 21.1 Å². The van der Waals surface area contributed by atoms with Crippen LogP contribution in [-0.4, -0.2) is 16.3 Å². The van der Waals surface area contributed by atoms with Crippen LogP contribution in [0.2, 0.25) is 5.02 Å². The number of aromatic nitrogens is 2. The van der Waals surface area contributed by atoms with Gasteiger partial charge in [-0.05, 0) is 29.1 Å². The summed E-state index contributed by atoms with van der Waals surface area (Å²) in [5.41, 5.74) is 1.54. The molecular formula is C14H9ClN2O3S. The lowest BCUT2D eigenvalue weighted by atomic mass is 10.2. The lowest BCUT2D eigenvalue weighted by molar-refractivity contribution is 0.174. The van der Waals surface area contributed by atoms with Crippen molar-refractivity contribution in [3.05, 3.63) is 50.8 Å². The van der Waals surface area contributed by atoms with Gasteiger partial charge in [0.05, 0.1) is 23.4 Å². The molecule has 21 heavy (non-hydrogen) atoms. The van der Waals surface area contributed by atoms with E-state index in [1.807, 2.05) is 17.5 Å². The van der Waals surface area contributed by atoms with Gasteiger partial charge in [0.2, 0.25) is 6.79 Å². The first kappa shape index (κ1) is 12.7. The third-order valence-electron chi connectivity index (χ3n) is 3.28. The van der Waals surface area contributed by atoms with Crippen molar-refractivity contribution >= 4 is 33.2 Å². The van der Waals surface area contributed by atoms with Crippen LogP contribution in [0, 0.1) is 0 Å². The van der Waals surface area contributed by atoms with E-state index in [1.165, 1.54) is 11.3 Å². The van der Waals surface area contributed by atoms with Gasteiger partial charge in [0.15, 0.2) is 11.5 Å². The maximum absolute atomic E-state index is 12.4. The van der Waals surface area contributed by atoms with Gasteiger partial charge in [-0.3, -0.25) is 9.36 Å². The fourth-order valence-electron chi connectivity index (χ4n) is 2.30. The third kappa shape index (κ3) is 2.07. The molecule has 0 aliphatic carbocycles. The van der Waals surface area contributed by atoms with Gasteiger partial charge in [-0.1, -0.05) is 11.6 Å². The highest BCUT2D eigenvalue weighted by molar-refractivity contribution is 7.17. The molecule has 0 radical (unpaired) electrons. The molecule has 0 saturated heterocycles. The van der Waals surface area contributed by atoms with Crippen LogP contribution in [0.15, 0.2) is 34.7 Å². The predicted molar refractivity (Wildman–Crippen MR) is 80.6 cm³/mol. The van der Waals surface area contributed by atoms with E-state index < -0.39 is 0 Å². The Kier molecular flexibility index (Phi) is 2.87. The van der Waals surface area contributed by atoms with E-state index in [1.54, 1.807) is 17.0 Å². The van der Waals surface area contributed by atoms with Crippen molar-refractivity contribution in [2.24, 2.45) is 0 Å². The molecule has 0 bridgehead atoms. The van der Waals surface area contributed by atoms with Crippen molar-refractivity contribution in [1.29, 1.82) is 0 Å². The number of fused-ring (bicyclic) bond motifs is 2. The molecule has 3 aromatic rings. The van der Waals surface area contributed by atoms with Crippen LogP contribution < -0.4 is 15.0 Å². The van der Waals surface area contributed by atoms with E-state index in [0.717, 1.165) is 11.1 Å². The summed E-state index contributed by atoms with van der Waals surface area (Å²) in [6.45, 7) is 0.553. The van der Waals surface area contributed by atoms with Crippen LogP contribution >= 0.6 is 22.9 Å². The van der Waals surface area contributed by atoms with E-state index in [-0.39, 0.29) is 12.4 Å². The minimum Gasteiger partial charge on any atom is -0.454 e. The third-order valence-corrected chi connectivity index (χ3v) is 4.45. The normalized spacial score (nSPS) is 13.0. The van der Waals surface area contributed by atoms with Crippen molar-refractivity contribution < 1.29 is 9.47 Å². The van der Waals surface area contributed by atoms with Gasteiger partial charge in [0, 0.05) is 0 Å². The molecule has 3 heterocycles. The minimum absolute atomic E-state index is 0.0520. The molecule has 1 aliphatic heterocycles. The lowest BCUT2D eigenvalue weighted by Gasteiger charge is -2.07. The average Bonchev–Trinajstić information content (AvgIpc) is 3.10. The molecule has 1 aliphatic rings. The number of rotatable bonds is 2. The second-order valence-corrected chi connectivity index (χ2v) is 5.95. The van der Waals surface area contributed by atoms with Crippen LogP contribution in [0.5, 0.6) is 11.5 Å². The zero-order valence-electron chi connectivity index (χ0n) is 10.7. The molecule has 0 N–H and O–H groups in total. The number of halogens is 1. The summed E-state index contributed by atoms with van der Waals surface area (Å²) in [6, 6.07) is 5.45. The molecule has 106 valence electrons. The monoisotopic (exact) mass is 320 g/mol. The Balaban J connectivity index is 1.76. The van der Waals surface area contributed by atoms with Crippen LogP contribution in [0.25, 0.3) is 10.2 Å². The maximum Gasteiger partial charge on any atom is 0.271 e. The van der Waals surface area contributed by atoms with Gasteiger partial charge in [-0.15, -0.1) is 11.3 Å². The minimum atomic E-state index is -0.0520. The van der Waals surface area contributed by atoms with Crippen molar-refractivity contribution in [2.45, 2.75) is 6.54 Å². The average molecular weight is 321 g/mol. The SMILES string of the molecule is O=c1c2sccc2ncn1Cc1cc(Cl)c2c(c1)OCO2. The van der Waals surface area contributed by atoms with Gasteiger partial charge >= 0.3 is 0 Å². The van der Waals surface area contributed by atoms with Crippen molar-refractivity contribution in [2.75, 3.05) is 6.79 Å².